The van der Waals surface area contributed by atoms with E-state index in [1.165, 1.54) is 0 Å². The fourth-order valence-electron chi connectivity index (χ4n) is 1.52. The number of ether oxygens (including phenoxy) is 1. The summed E-state index contributed by atoms with van der Waals surface area (Å²) in [5, 5.41) is 11.1. The summed E-state index contributed by atoms with van der Waals surface area (Å²) in [6.07, 6.45) is -4.02. The van der Waals surface area contributed by atoms with E-state index < -0.39 is 19.1 Å². The minimum absolute atomic E-state index is 0.168. The van der Waals surface area contributed by atoms with E-state index in [0.29, 0.717) is 13.0 Å². The second-order valence-electron chi connectivity index (χ2n) is 4.47. The van der Waals surface area contributed by atoms with Crippen LogP contribution in [-0.2, 0) is 4.79 Å². The maximum Gasteiger partial charge on any atom is 0.265 e. The van der Waals surface area contributed by atoms with Gasteiger partial charge in [0.1, 0.15) is 11.9 Å². The number of alkyl halides is 2. The second-order valence-corrected chi connectivity index (χ2v) is 4.47. The third kappa shape index (κ3) is 6.47. The van der Waals surface area contributed by atoms with Crippen molar-refractivity contribution >= 4 is 5.91 Å². The Hall–Kier alpha value is -1.69. The molecular weight excluding hydrogens is 268 g/mol. The van der Waals surface area contributed by atoms with Gasteiger partial charge in [-0.1, -0.05) is 12.1 Å². The molecule has 0 aliphatic rings. The van der Waals surface area contributed by atoms with Gasteiger partial charge in [-0.3, -0.25) is 4.79 Å². The monoisotopic (exact) mass is 287 g/mol. The molecule has 1 amide bonds. The summed E-state index contributed by atoms with van der Waals surface area (Å²) >= 11 is 0. The van der Waals surface area contributed by atoms with E-state index in [2.05, 4.69) is 5.32 Å². The van der Waals surface area contributed by atoms with Crippen LogP contribution in [-0.4, -0.2) is 36.7 Å². The molecule has 0 heterocycles. The lowest BCUT2D eigenvalue weighted by Gasteiger charge is -2.11. The standard InChI is InChI=1S/C14H19F2NO3/c1-10-4-2-5-11(8-10)20-7-3-6-13(19)17-9-12(18)14(15)16/h2,4-5,8,12,14,18H,3,6-7,9H2,1H3,(H,17,19). The van der Waals surface area contributed by atoms with Crippen molar-refractivity contribution in [3.63, 3.8) is 0 Å². The van der Waals surface area contributed by atoms with Crippen LogP contribution in [0.5, 0.6) is 5.75 Å². The number of hydrogen-bond acceptors (Lipinski definition) is 3. The molecule has 20 heavy (non-hydrogen) atoms. The number of nitrogens with one attached hydrogen (secondary N) is 1. The first-order chi connectivity index (χ1) is 9.49. The molecule has 1 atom stereocenters. The Morgan fingerprint density at radius 1 is 1.45 bits per heavy atom. The number of halogens is 2. The average molecular weight is 287 g/mol. The van der Waals surface area contributed by atoms with Crippen molar-refractivity contribution in [2.24, 2.45) is 0 Å². The Bertz CT molecular complexity index is 427. The molecule has 0 aliphatic heterocycles. The molecule has 112 valence electrons. The number of aryl methyl sites for hydroxylation is 1. The number of rotatable bonds is 8. The van der Waals surface area contributed by atoms with Crippen LogP contribution >= 0.6 is 0 Å². The van der Waals surface area contributed by atoms with Gasteiger partial charge in [0.05, 0.1) is 6.61 Å². The van der Waals surface area contributed by atoms with Crippen LogP contribution in [0, 0.1) is 6.92 Å². The van der Waals surface area contributed by atoms with Gasteiger partial charge in [0.25, 0.3) is 6.43 Å². The van der Waals surface area contributed by atoms with E-state index in [0.717, 1.165) is 11.3 Å². The molecule has 1 aromatic carbocycles. The van der Waals surface area contributed by atoms with E-state index in [9.17, 15) is 13.6 Å². The SMILES string of the molecule is Cc1cccc(OCCCC(=O)NCC(O)C(F)F)c1. The van der Waals surface area contributed by atoms with E-state index in [1.807, 2.05) is 31.2 Å². The quantitative estimate of drug-likeness (QED) is 0.718. The summed E-state index contributed by atoms with van der Waals surface area (Å²) in [6.45, 7) is 1.89. The molecule has 0 radical (unpaired) electrons. The molecule has 0 bridgehead atoms. The van der Waals surface area contributed by atoms with Gasteiger partial charge < -0.3 is 15.2 Å². The Morgan fingerprint density at radius 2 is 2.20 bits per heavy atom. The lowest BCUT2D eigenvalue weighted by molar-refractivity contribution is -0.122. The van der Waals surface area contributed by atoms with E-state index in [-0.39, 0.29) is 12.3 Å². The van der Waals surface area contributed by atoms with Gasteiger partial charge in [-0.2, -0.15) is 0 Å². The highest BCUT2D eigenvalue weighted by molar-refractivity contribution is 5.75. The minimum Gasteiger partial charge on any atom is -0.494 e. The van der Waals surface area contributed by atoms with Gasteiger partial charge in [-0.05, 0) is 31.0 Å². The van der Waals surface area contributed by atoms with Crippen LogP contribution in [0.2, 0.25) is 0 Å². The largest absolute Gasteiger partial charge is 0.494 e. The number of amides is 1. The topological polar surface area (TPSA) is 58.6 Å². The normalized spacial score (nSPS) is 12.2. The molecule has 0 fully saturated rings. The summed E-state index contributed by atoms with van der Waals surface area (Å²) in [5.74, 6) is 0.357. The van der Waals surface area contributed by atoms with Gasteiger partial charge in [-0.25, -0.2) is 8.78 Å². The van der Waals surface area contributed by atoms with Crippen molar-refractivity contribution in [2.45, 2.75) is 32.3 Å². The third-order valence-electron chi connectivity index (χ3n) is 2.61. The van der Waals surface area contributed by atoms with E-state index in [1.54, 1.807) is 0 Å². The van der Waals surface area contributed by atoms with Crippen molar-refractivity contribution < 1.29 is 23.4 Å². The van der Waals surface area contributed by atoms with Crippen LogP contribution in [0.1, 0.15) is 18.4 Å². The summed E-state index contributed by atoms with van der Waals surface area (Å²) in [6, 6.07) is 7.54. The van der Waals surface area contributed by atoms with Crippen molar-refractivity contribution in [3.05, 3.63) is 29.8 Å². The number of aliphatic hydroxyl groups is 1. The fraction of sp³-hybridized carbons (Fsp3) is 0.500. The highest BCUT2D eigenvalue weighted by Gasteiger charge is 2.17. The summed E-state index contributed by atoms with van der Waals surface area (Å²) in [4.78, 5) is 11.3. The molecule has 0 saturated heterocycles. The van der Waals surface area contributed by atoms with Gasteiger partial charge in [-0.15, -0.1) is 0 Å². The van der Waals surface area contributed by atoms with Crippen molar-refractivity contribution in [1.82, 2.24) is 5.32 Å². The first-order valence-corrected chi connectivity index (χ1v) is 6.41. The number of aliphatic hydroxyl groups excluding tert-OH is 1. The molecule has 0 aliphatic carbocycles. The fourth-order valence-corrected chi connectivity index (χ4v) is 1.52. The zero-order valence-electron chi connectivity index (χ0n) is 11.3. The number of hydrogen-bond donors (Lipinski definition) is 2. The van der Waals surface area contributed by atoms with Crippen molar-refractivity contribution in [2.75, 3.05) is 13.2 Å². The minimum atomic E-state index is -2.85. The van der Waals surface area contributed by atoms with Crippen LogP contribution in [0.3, 0.4) is 0 Å². The summed E-state index contributed by atoms with van der Waals surface area (Å²) < 4.78 is 29.4. The summed E-state index contributed by atoms with van der Waals surface area (Å²) in [5.41, 5.74) is 1.08. The van der Waals surface area contributed by atoms with Gasteiger partial charge >= 0.3 is 0 Å². The number of carbonyl (C=O) groups is 1. The lowest BCUT2D eigenvalue weighted by atomic mass is 10.2. The van der Waals surface area contributed by atoms with Crippen molar-refractivity contribution in [3.8, 4) is 5.75 Å². The highest BCUT2D eigenvalue weighted by Crippen LogP contribution is 2.12. The molecular formula is C14H19F2NO3. The van der Waals surface area contributed by atoms with Gasteiger partial charge in [0, 0.05) is 13.0 Å². The maximum atomic E-state index is 12.0. The van der Waals surface area contributed by atoms with Gasteiger partial charge in [0.2, 0.25) is 5.91 Å². The molecule has 1 aromatic rings. The first-order valence-electron chi connectivity index (χ1n) is 6.41. The third-order valence-corrected chi connectivity index (χ3v) is 2.61. The van der Waals surface area contributed by atoms with Crippen LogP contribution in [0.25, 0.3) is 0 Å². The van der Waals surface area contributed by atoms with E-state index >= 15 is 0 Å². The van der Waals surface area contributed by atoms with Crippen LogP contribution in [0.15, 0.2) is 24.3 Å². The zero-order chi connectivity index (χ0) is 15.0. The predicted molar refractivity (Wildman–Crippen MR) is 70.9 cm³/mol. The van der Waals surface area contributed by atoms with Crippen molar-refractivity contribution in [1.29, 1.82) is 0 Å². The molecule has 1 rings (SSSR count). The maximum absolute atomic E-state index is 12.0. The molecule has 0 spiro atoms. The molecule has 4 nitrogen and oxygen atoms in total. The second kappa shape index (κ2) is 8.47. The smallest absolute Gasteiger partial charge is 0.265 e. The molecule has 0 aromatic heterocycles. The highest BCUT2D eigenvalue weighted by atomic mass is 19.3. The predicted octanol–water partition coefficient (Wildman–Crippen LogP) is 1.90. The molecule has 0 saturated carbocycles. The summed E-state index contributed by atoms with van der Waals surface area (Å²) in [7, 11) is 0. The Kier molecular flexibility index (Phi) is 6.93. The molecule has 2 N–H and O–H groups in total. The van der Waals surface area contributed by atoms with Gasteiger partial charge in [0.15, 0.2) is 0 Å². The van der Waals surface area contributed by atoms with Crippen LogP contribution in [0.4, 0.5) is 8.78 Å². The molecule has 6 heteroatoms. The Morgan fingerprint density at radius 3 is 2.85 bits per heavy atom. The molecule has 1 unspecified atom stereocenters. The average Bonchev–Trinajstić information content (AvgIpc) is 2.41. The zero-order valence-corrected chi connectivity index (χ0v) is 11.3. The number of carbonyl (C=O) groups excluding carboxylic acids is 1. The Balaban J connectivity index is 2.13. The first kappa shape index (κ1) is 16.4. The number of benzene rings is 1. The van der Waals surface area contributed by atoms with Crippen LogP contribution < -0.4 is 10.1 Å². The van der Waals surface area contributed by atoms with E-state index in [4.69, 9.17) is 9.84 Å². The Labute approximate surface area is 116 Å². The lowest BCUT2D eigenvalue weighted by Crippen LogP contribution is -2.35.